The van der Waals surface area contributed by atoms with E-state index in [0.717, 1.165) is 19.3 Å². The molecule has 0 bridgehead atoms. The number of hydrogen-bond acceptors (Lipinski definition) is 0. The second-order valence-electron chi connectivity index (χ2n) is 2.78. The van der Waals surface area contributed by atoms with Crippen LogP contribution in [0.5, 0.6) is 0 Å². The quantitative estimate of drug-likeness (QED) is 0.440. The van der Waals surface area contributed by atoms with Gasteiger partial charge in [0.25, 0.3) is 4.59 Å². The summed E-state index contributed by atoms with van der Waals surface area (Å²) in [7, 11) is 0. The summed E-state index contributed by atoms with van der Waals surface area (Å²) in [4.78, 5) is 0. The van der Waals surface area contributed by atoms with Gasteiger partial charge in [-0.2, -0.15) is 0 Å². The predicted octanol–water partition coefficient (Wildman–Crippen LogP) is 4.45. The summed E-state index contributed by atoms with van der Waals surface area (Å²) in [5.74, 6) is 0. The Morgan fingerprint density at radius 1 is 1.09 bits per heavy atom. The molecule has 0 heterocycles. The van der Waals surface area contributed by atoms with Crippen molar-refractivity contribution in [2.45, 2.75) is 50.0 Å². The second kappa shape index (κ2) is 6.07. The van der Waals surface area contributed by atoms with E-state index >= 15 is 0 Å². The van der Waals surface area contributed by atoms with Crippen LogP contribution in [0.2, 0.25) is 0 Å². The van der Waals surface area contributed by atoms with Gasteiger partial charge < -0.3 is 0 Å². The molecule has 0 aliphatic heterocycles. The van der Waals surface area contributed by atoms with Gasteiger partial charge in [-0.1, -0.05) is 55.8 Å². The first kappa shape index (κ1) is 11.5. The molecule has 0 unspecified atom stereocenters. The van der Waals surface area contributed by atoms with E-state index in [-0.39, 0.29) is 6.42 Å². The molecule has 68 valence electrons. The Labute approximate surface area is 78.1 Å². The lowest BCUT2D eigenvalue weighted by Crippen LogP contribution is -2.02. The Balaban J connectivity index is 3.02. The van der Waals surface area contributed by atoms with Crippen molar-refractivity contribution in [3.63, 3.8) is 0 Å². The van der Waals surface area contributed by atoms with Gasteiger partial charge in [-0.15, -0.1) is 0 Å². The Morgan fingerprint density at radius 2 is 1.64 bits per heavy atom. The zero-order chi connectivity index (χ0) is 8.74. The third-order valence-corrected chi connectivity index (χ3v) is 1.94. The van der Waals surface area contributed by atoms with Crippen LogP contribution in [-0.2, 0) is 0 Å². The lowest BCUT2D eigenvalue weighted by atomic mass is 10.1. The third kappa shape index (κ3) is 10.5. The first-order valence-corrected chi connectivity index (χ1v) is 4.88. The van der Waals surface area contributed by atoms with E-state index in [4.69, 9.17) is 23.2 Å². The number of halogens is 3. The van der Waals surface area contributed by atoms with Gasteiger partial charge in [-0.05, 0) is 6.42 Å². The van der Waals surface area contributed by atoms with E-state index < -0.39 is 4.59 Å². The highest BCUT2D eigenvalue weighted by molar-refractivity contribution is 6.47. The Morgan fingerprint density at radius 3 is 2.09 bits per heavy atom. The monoisotopic (exact) mass is 200 g/mol. The maximum absolute atomic E-state index is 12.4. The van der Waals surface area contributed by atoms with Crippen LogP contribution in [-0.4, -0.2) is 4.59 Å². The van der Waals surface area contributed by atoms with Crippen LogP contribution in [0.4, 0.5) is 4.39 Å². The minimum Gasteiger partial charge on any atom is -0.208 e. The van der Waals surface area contributed by atoms with E-state index in [9.17, 15) is 4.39 Å². The summed E-state index contributed by atoms with van der Waals surface area (Å²) in [6.07, 6.45) is 5.62. The summed E-state index contributed by atoms with van der Waals surface area (Å²) < 4.78 is 10.4. The van der Waals surface area contributed by atoms with Crippen LogP contribution in [0.1, 0.15) is 45.4 Å². The predicted molar refractivity (Wildman–Crippen MR) is 48.9 cm³/mol. The molecule has 0 aliphatic rings. The van der Waals surface area contributed by atoms with Crippen molar-refractivity contribution in [1.29, 1.82) is 0 Å². The minimum absolute atomic E-state index is 0.250. The van der Waals surface area contributed by atoms with Gasteiger partial charge in [0, 0.05) is 6.42 Å². The summed E-state index contributed by atoms with van der Waals surface area (Å²) in [6, 6.07) is 0. The topological polar surface area (TPSA) is 0 Å². The summed E-state index contributed by atoms with van der Waals surface area (Å²) in [5.41, 5.74) is 0. The first-order chi connectivity index (χ1) is 5.06. The van der Waals surface area contributed by atoms with E-state index in [0.29, 0.717) is 0 Å². The molecule has 11 heavy (non-hydrogen) atoms. The van der Waals surface area contributed by atoms with E-state index in [1.54, 1.807) is 0 Å². The zero-order valence-electron chi connectivity index (χ0n) is 6.88. The fourth-order valence-electron chi connectivity index (χ4n) is 0.929. The van der Waals surface area contributed by atoms with Gasteiger partial charge >= 0.3 is 0 Å². The summed E-state index contributed by atoms with van der Waals surface area (Å²) in [6.45, 7) is 2.14. The average Bonchev–Trinajstić information content (AvgIpc) is 1.85. The molecule has 0 fully saturated rings. The van der Waals surface area contributed by atoms with Gasteiger partial charge in [0.2, 0.25) is 0 Å². The fraction of sp³-hybridized carbons (Fsp3) is 1.00. The molecular formula is C8H15Cl2F. The summed E-state index contributed by atoms with van der Waals surface area (Å²) >= 11 is 10.3. The highest BCUT2D eigenvalue weighted by Gasteiger charge is 2.20. The Kier molecular flexibility index (Phi) is 6.36. The lowest BCUT2D eigenvalue weighted by molar-refractivity contribution is 0.357. The molecule has 0 radical (unpaired) electrons. The molecule has 3 heteroatoms. The smallest absolute Gasteiger partial charge is 0.208 e. The second-order valence-corrected chi connectivity index (χ2v) is 4.17. The maximum Gasteiger partial charge on any atom is 0.257 e. The Bertz CT molecular complexity index is 88.6. The molecule has 0 N–H and O–H groups in total. The molecular weight excluding hydrogens is 186 g/mol. The highest BCUT2D eigenvalue weighted by atomic mass is 35.5. The van der Waals surface area contributed by atoms with E-state index in [2.05, 4.69) is 6.92 Å². The van der Waals surface area contributed by atoms with Crippen molar-refractivity contribution in [1.82, 2.24) is 0 Å². The summed E-state index contributed by atoms with van der Waals surface area (Å²) in [5, 5.41) is 0. The number of hydrogen-bond donors (Lipinski definition) is 0. The molecule has 0 saturated carbocycles. The maximum atomic E-state index is 12.4. The molecule has 0 atom stereocenters. The largest absolute Gasteiger partial charge is 0.257 e. The molecule has 0 nitrogen and oxygen atoms in total. The molecule has 0 aromatic rings. The van der Waals surface area contributed by atoms with Crippen molar-refractivity contribution >= 4 is 23.2 Å². The standard InChI is InChI=1S/C8H15Cl2F/c1-2-3-4-5-6-7-8(9,10)11/h2-7H2,1H3. The number of alkyl halides is 3. The number of unbranched alkanes of at least 4 members (excludes halogenated alkanes) is 4. The highest BCUT2D eigenvalue weighted by Crippen LogP contribution is 2.29. The SMILES string of the molecule is CCCCCCCC(F)(Cl)Cl. The van der Waals surface area contributed by atoms with E-state index in [1.807, 2.05) is 0 Å². The Hall–Kier alpha value is 0.510. The zero-order valence-corrected chi connectivity index (χ0v) is 8.39. The van der Waals surface area contributed by atoms with E-state index in [1.165, 1.54) is 12.8 Å². The normalized spacial score (nSPS) is 12.0. The van der Waals surface area contributed by atoms with Crippen LogP contribution < -0.4 is 0 Å². The van der Waals surface area contributed by atoms with Crippen molar-refractivity contribution in [2.24, 2.45) is 0 Å². The van der Waals surface area contributed by atoms with Gasteiger partial charge in [0.15, 0.2) is 0 Å². The minimum atomic E-state index is -2.01. The van der Waals surface area contributed by atoms with Gasteiger partial charge in [-0.25, -0.2) is 4.39 Å². The molecule has 0 aromatic heterocycles. The van der Waals surface area contributed by atoms with Crippen molar-refractivity contribution < 1.29 is 4.39 Å². The molecule has 0 spiro atoms. The average molecular weight is 201 g/mol. The fourth-order valence-corrected chi connectivity index (χ4v) is 1.20. The van der Waals surface area contributed by atoms with Crippen molar-refractivity contribution in [3.05, 3.63) is 0 Å². The van der Waals surface area contributed by atoms with Crippen molar-refractivity contribution in [2.75, 3.05) is 0 Å². The van der Waals surface area contributed by atoms with Gasteiger partial charge in [-0.3, -0.25) is 0 Å². The van der Waals surface area contributed by atoms with Crippen LogP contribution in [0.3, 0.4) is 0 Å². The molecule has 0 rings (SSSR count). The van der Waals surface area contributed by atoms with Crippen molar-refractivity contribution in [3.8, 4) is 0 Å². The van der Waals surface area contributed by atoms with Crippen LogP contribution in [0.15, 0.2) is 0 Å². The van der Waals surface area contributed by atoms with Crippen LogP contribution in [0, 0.1) is 0 Å². The van der Waals surface area contributed by atoms with Crippen LogP contribution in [0.25, 0.3) is 0 Å². The third-order valence-electron chi connectivity index (χ3n) is 1.56. The first-order valence-electron chi connectivity index (χ1n) is 4.13. The molecule has 0 amide bonds. The molecule has 0 saturated heterocycles. The van der Waals surface area contributed by atoms with Gasteiger partial charge in [0.05, 0.1) is 0 Å². The molecule has 0 aromatic carbocycles. The number of rotatable bonds is 6. The molecule has 0 aliphatic carbocycles. The lowest BCUT2D eigenvalue weighted by Gasteiger charge is -2.07. The van der Waals surface area contributed by atoms with Crippen LogP contribution >= 0.6 is 23.2 Å². The van der Waals surface area contributed by atoms with Gasteiger partial charge in [0.1, 0.15) is 0 Å².